The average molecular weight is 354 g/mol. The molecule has 0 aromatic rings. The van der Waals surface area contributed by atoms with E-state index in [9.17, 15) is 28.8 Å². The molecule has 0 aromatic heterocycles. The molecule has 0 radical (unpaired) electrons. The zero-order valence-electron chi connectivity index (χ0n) is 13.6. The summed E-state index contributed by atoms with van der Waals surface area (Å²) in [5.74, 6) is -5.04. The number of carbonyl (C=O) groups is 6. The van der Waals surface area contributed by atoms with Crippen LogP contribution in [-0.4, -0.2) is 53.1 Å². The summed E-state index contributed by atoms with van der Waals surface area (Å²) in [6.07, 6.45) is 1.16. The van der Waals surface area contributed by atoms with E-state index >= 15 is 0 Å². The van der Waals surface area contributed by atoms with Gasteiger partial charge >= 0.3 is 11.9 Å². The van der Waals surface area contributed by atoms with Gasteiger partial charge in [0.15, 0.2) is 0 Å². The van der Waals surface area contributed by atoms with Crippen LogP contribution in [0.25, 0.3) is 0 Å². The minimum atomic E-state index is -0.855. The Morgan fingerprint density at radius 3 is 2.20 bits per heavy atom. The Bertz CT molecular complexity index is 601. The largest absolute Gasteiger partial charge is 0.338 e. The average Bonchev–Trinajstić information content (AvgIpc) is 2.83. The van der Waals surface area contributed by atoms with Crippen molar-refractivity contribution in [3.63, 3.8) is 0 Å². The Labute approximate surface area is 142 Å². The third-order valence-corrected chi connectivity index (χ3v) is 4.12. The van der Waals surface area contributed by atoms with Gasteiger partial charge in [0.2, 0.25) is 0 Å². The van der Waals surface area contributed by atoms with Crippen LogP contribution < -0.4 is 0 Å². The molecule has 0 aromatic carbocycles. The highest BCUT2D eigenvalue weighted by molar-refractivity contribution is 6.01. The summed E-state index contributed by atoms with van der Waals surface area (Å²) in [4.78, 5) is 78.5. The molecule has 2 fully saturated rings. The fraction of sp³-hybridized carbons (Fsp3) is 0.600. The van der Waals surface area contributed by atoms with Gasteiger partial charge in [0.25, 0.3) is 17.7 Å². The lowest BCUT2D eigenvalue weighted by atomic mass is 9.74. The maximum Gasteiger partial charge on any atom is 0.337 e. The van der Waals surface area contributed by atoms with Crippen LogP contribution in [0.4, 0.5) is 0 Å². The molecule has 1 saturated carbocycles. The van der Waals surface area contributed by atoms with E-state index in [1.165, 1.54) is 7.05 Å². The molecule has 1 heterocycles. The lowest BCUT2D eigenvalue weighted by molar-refractivity contribution is -0.212. The minimum absolute atomic E-state index is 0.0109. The predicted molar refractivity (Wildman–Crippen MR) is 77.6 cm³/mol. The zero-order valence-corrected chi connectivity index (χ0v) is 13.6. The molecule has 0 spiro atoms. The molecule has 10 nitrogen and oxygen atoms in total. The number of imide groups is 1. The standard InChI is InChI=1S/C15H18N2O8/c1-16(11(19)3-2-8-18)24-14(22)9-4-5-10(9)15(23)25-17-12(20)6-7-13(17)21/h8-10H,2-7H2,1H3. The zero-order chi connectivity index (χ0) is 18.6. The number of amides is 3. The monoisotopic (exact) mass is 354 g/mol. The van der Waals surface area contributed by atoms with E-state index in [2.05, 4.69) is 0 Å². The van der Waals surface area contributed by atoms with E-state index in [1.54, 1.807) is 0 Å². The first-order chi connectivity index (χ1) is 11.8. The number of aldehydes is 1. The van der Waals surface area contributed by atoms with Crippen molar-refractivity contribution in [3.8, 4) is 0 Å². The van der Waals surface area contributed by atoms with Gasteiger partial charge in [0.1, 0.15) is 6.29 Å². The number of hydrogen-bond donors (Lipinski definition) is 0. The molecule has 1 aliphatic heterocycles. The van der Waals surface area contributed by atoms with Crippen molar-refractivity contribution in [2.75, 3.05) is 7.05 Å². The lowest BCUT2D eigenvalue weighted by Gasteiger charge is -2.33. The van der Waals surface area contributed by atoms with Gasteiger partial charge in [-0.1, -0.05) is 0 Å². The summed E-state index contributed by atoms with van der Waals surface area (Å²) >= 11 is 0. The van der Waals surface area contributed by atoms with E-state index in [0.29, 0.717) is 24.2 Å². The lowest BCUT2D eigenvalue weighted by Crippen LogP contribution is -2.45. The molecule has 2 aliphatic rings. The molecule has 1 aliphatic carbocycles. The summed E-state index contributed by atoms with van der Waals surface area (Å²) in [5.41, 5.74) is 0. The number of hydroxylamine groups is 4. The first-order valence-corrected chi connectivity index (χ1v) is 7.84. The van der Waals surface area contributed by atoms with Gasteiger partial charge in [0, 0.05) is 32.7 Å². The van der Waals surface area contributed by atoms with Crippen molar-refractivity contribution in [1.29, 1.82) is 0 Å². The van der Waals surface area contributed by atoms with Gasteiger partial charge in [-0.05, 0) is 12.8 Å². The topological polar surface area (TPSA) is 127 Å². The first kappa shape index (κ1) is 18.6. The van der Waals surface area contributed by atoms with Crippen LogP contribution in [0.2, 0.25) is 0 Å². The van der Waals surface area contributed by atoms with Crippen LogP contribution in [0.15, 0.2) is 0 Å². The first-order valence-electron chi connectivity index (χ1n) is 7.84. The second-order valence-electron chi connectivity index (χ2n) is 5.79. The van der Waals surface area contributed by atoms with Gasteiger partial charge in [-0.2, -0.15) is 5.06 Å². The Morgan fingerprint density at radius 1 is 1.12 bits per heavy atom. The van der Waals surface area contributed by atoms with Crippen LogP contribution in [-0.2, 0) is 38.4 Å². The second kappa shape index (κ2) is 7.86. The van der Waals surface area contributed by atoms with Crippen LogP contribution in [0.5, 0.6) is 0 Å². The molecule has 3 amide bonds. The van der Waals surface area contributed by atoms with Gasteiger partial charge < -0.3 is 14.5 Å². The van der Waals surface area contributed by atoms with Crippen molar-refractivity contribution in [3.05, 3.63) is 0 Å². The smallest absolute Gasteiger partial charge is 0.337 e. The summed E-state index contributed by atoms with van der Waals surface area (Å²) < 4.78 is 0. The molecular weight excluding hydrogens is 336 g/mol. The molecule has 136 valence electrons. The molecule has 0 N–H and O–H groups in total. The van der Waals surface area contributed by atoms with Gasteiger partial charge in [-0.15, -0.1) is 5.06 Å². The molecule has 2 unspecified atom stereocenters. The summed E-state index contributed by atoms with van der Waals surface area (Å²) in [6.45, 7) is 0. The Morgan fingerprint density at radius 2 is 1.68 bits per heavy atom. The Hall–Kier alpha value is -2.78. The highest BCUT2D eigenvalue weighted by Crippen LogP contribution is 2.36. The number of carbonyl (C=O) groups excluding carboxylic acids is 6. The fourth-order valence-electron chi connectivity index (χ4n) is 2.47. The van der Waals surface area contributed by atoms with Crippen LogP contribution >= 0.6 is 0 Å². The number of nitrogens with zero attached hydrogens (tertiary/aromatic N) is 2. The van der Waals surface area contributed by atoms with Crippen molar-refractivity contribution < 1.29 is 38.4 Å². The minimum Gasteiger partial charge on any atom is -0.338 e. The maximum atomic E-state index is 12.1. The predicted octanol–water partition coefficient (Wildman–Crippen LogP) is -0.484. The van der Waals surface area contributed by atoms with E-state index < -0.39 is 41.5 Å². The Balaban J connectivity index is 1.86. The van der Waals surface area contributed by atoms with E-state index in [-0.39, 0.29) is 25.7 Å². The van der Waals surface area contributed by atoms with Crippen LogP contribution in [0.3, 0.4) is 0 Å². The molecular formula is C15H18N2O8. The third kappa shape index (κ3) is 4.20. The highest BCUT2D eigenvalue weighted by Gasteiger charge is 2.46. The van der Waals surface area contributed by atoms with E-state index in [0.717, 1.165) is 5.06 Å². The van der Waals surface area contributed by atoms with Crippen LogP contribution in [0, 0.1) is 11.8 Å². The number of rotatable bonds is 6. The highest BCUT2D eigenvalue weighted by atomic mass is 16.7. The normalized spacial score (nSPS) is 22.2. The van der Waals surface area contributed by atoms with E-state index in [4.69, 9.17) is 9.68 Å². The summed E-state index contributed by atoms with van der Waals surface area (Å²) in [6, 6.07) is 0. The number of hydrogen-bond acceptors (Lipinski definition) is 8. The summed E-state index contributed by atoms with van der Waals surface area (Å²) in [5, 5.41) is 1.15. The van der Waals surface area contributed by atoms with Crippen LogP contribution in [0.1, 0.15) is 38.5 Å². The Kier molecular flexibility index (Phi) is 5.84. The van der Waals surface area contributed by atoms with Gasteiger partial charge in [-0.25, -0.2) is 9.59 Å². The van der Waals surface area contributed by atoms with Gasteiger partial charge in [0.05, 0.1) is 11.8 Å². The SMILES string of the molecule is CN(OC(=O)C1CCC1C(=O)ON1C(=O)CCC1=O)C(=O)CCC=O. The second-order valence-corrected chi connectivity index (χ2v) is 5.79. The molecule has 2 rings (SSSR count). The van der Waals surface area contributed by atoms with Crippen molar-refractivity contribution >= 4 is 35.9 Å². The van der Waals surface area contributed by atoms with E-state index in [1.807, 2.05) is 0 Å². The quantitative estimate of drug-likeness (QED) is 0.355. The fourth-order valence-corrected chi connectivity index (χ4v) is 2.47. The molecule has 1 saturated heterocycles. The van der Waals surface area contributed by atoms with Crippen molar-refractivity contribution in [1.82, 2.24) is 10.1 Å². The summed E-state index contributed by atoms with van der Waals surface area (Å²) in [7, 11) is 1.23. The molecule has 0 bridgehead atoms. The third-order valence-electron chi connectivity index (χ3n) is 4.12. The van der Waals surface area contributed by atoms with Crippen molar-refractivity contribution in [2.45, 2.75) is 38.5 Å². The molecule has 25 heavy (non-hydrogen) atoms. The molecule has 10 heteroatoms. The van der Waals surface area contributed by atoms with Gasteiger partial charge in [-0.3, -0.25) is 14.4 Å². The molecule has 2 atom stereocenters. The van der Waals surface area contributed by atoms with Crippen molar-refractivity contribution in [2.24, 2.45) is 11.8 Å². The maximum absolute atomic E-state index is 12.1.